The van der Waals surface area contributed by atoms with Crippen molar-refractivity contribution in [3.05, 3.63) is 24.4 Å². The van der Waals surface area contributed by atoms with E-state index in [-0.39, 0.29) is 13.3 Å². The van der Waals surface area contributed by atoms with Crippen molar-refractivity contribution in [2.75, 3.05) is 6.79 Å². The van der Waals surface area contributed by atoms with Gasteiger partial charge in [0.1, 0.15) is 6.54 Å². The molecule has 7 heteroatoms. The minimum absolute atomic E-state index is 0.200. The van der Waals surface area contributed by atoms with E-state index in [4.69, 9.17) is 14.6 Å². The maximum absolute atomic E-state index is 10.7. The largest absolute Gasteiger partial charge is 0.480 e. The van der Waals surface area contributed by atoms with Crippen molar-refractivity contribution in [2.24, 2.45) is 0 Å². The molecule has 3 rings (SSSR count). The number of fused-ring (bicyclic) bond motifs is 1. The highest BCUT2D eigenvalue weighted by atomic mass is 16.7. The quantitative estimate of drug-likeness (QED) is 0.861. The summed E-state index contributed by atoms with van der Waals surface area (Å²) in [6.45, 7) is -0.0325. The van der Waals surface area contributed by atoms with E-state index in [0.717, 1.165) is 5.56 Å². The normalized spacial score (nSPS) is 12.7. The van der Waals surface area contributed by atoms with Gasteiger partial charge in [0.15, 0.2) is 11.5 Å². The Bertz CT molecular complexity index is 608. The minimum Gasteiger partial charge on any atom is -0.480 e. The van der Waals surface area contributed by atoms with E-state index in [1.807, 2.05) is 6.07 Å². The Morgan fingerprint density at radius 1 is 1.39 bits per heavy atom. The van der Waals surface area contributed by atoms with Crippen molar-refractivity contribution in [1.29, 1.82) is 0 Å². The van der Waals surface area contributed by atoms with E-state index in [1.54, 1.807) is 12.1 Å². The molecule has 0 bridgehead atoms. The second kappa shape index (κ2) is 4.02. The maximum Gasteiger partial charge on any atom is 0.325 e. The molecule has 1 N–H and O–H groups in total. The van der Waals surface area contributed by atoms with Gasteiger partial charge in [-0.05, 0) is 18.2 Å². The smallest absolute Gasteiger partial charge is 0.325 e. The van der Waals surface area contributed by atoms with Crippen molar-refractivity contribution in [2.45, 2.75) is 6.54 Å². The summed E-state index contributed by atoms with van der Waals surface area (Å²) < 4.78 is 11.8. The Morgan fingerprint density at radius 2 is 2.22 bits per heavy atom. The molecule has 0 saturated heterocycles. The van der Waals surface area contributed by atoms with Gasteiger partial charge in [0, 0.05) is 5.56 Å². The van der Waals surface area contributed by atoms with Crippen molar-refractivity contribution < 1.29 is 19.4 Å². The Balaban J connectivity index is 1.99. The summed E-state index contributed by atoms with van der Waals surface area (Å²) in [6, 6.07) is 5.36. The van der Waals surface area contributed by atoms with E-state index in [9.17, 15) is 4.79 Å². The van der Waals surface area contributed by atoms with Crippen LogP contribution in [0.2, 0.25) is 0 Å². The summed E-state index contributed by atoms with van der Waals surface area (Å²) in [7, 11) is 0. The van der Waals surface area contributed by atoms with Crippen molar-refractivity contribution >= 4 is 5.97 Å². The zero-order valence-electron chi connectivity index (χ0n) is 9.24. The second-order valence-corrected chi connectivity index (χ2v) is 3.74. The first-order valence-electron chi connectivity index (χ1n) is 5.24. The number of aliphatic carboxylic acids is 1. The number of hydrogen-bond donors (Lipinski definition) is 1. The van der Waals surface area contributed by atoms with Gasteiger partial charge in [-0.15, -0.1) is 5.10 Å². The lowest BCUT2D eigenvalue weighted by atomic mass is 10.1. The number of carboxylic acid groups (broad SMARTS) is 1. The number of benzene rings is 1. The van der Waals surface area contributed by atoms with Gasteiger partial charge in [0.2, 0.25) is 6.79 Å². The summed E-state index contributed by atoms with van der Waals surface area (Å²) in [5, 5.41) is 16.2. The number of carboxylic acids is 1. The molecule has 0 saturated carbocycles. The lowest BCUT2D eigenvalue weighted by Crippen LogP contribution is -2.11. The van der Waals surface area contributed by atoms with Crippen molar-refractivity contribution in [3.8, 4) is 22.8 Å². The summed E-state index contributed by atoms with van der Waals surface area (Å²) in [6.07, 6.45) is 1.51. The summed E-state index contributed by atoms with van der Waals surface area (Å²) in [5.74, 6) is 0.342. The fourth-order valence-corrected chi connectivity index (χ4v) is 1.78. The molecule has 0 amide bonds. The van der Waals surface area contributed by atoms with Crippen LogP contribution in [0, 0.1) is 0 Å². The van der Waals surface area contributed by atoms with Crippen LogP contribution in [0.25, 0.3) is 11.3 Å². The van der Waals surface area contributed by atoms with E-state index < -0.39 is 5.97 Å². The number of carbonyl (C=O) groups is 1. The molecule has 0 unspecified atom stereocenters. The van der Waals surface area contributed by atoms with Gasteiger partial charge in [-0.25, -0.2) is 4.68 Å². The molecule has 92 valence electrons. The summed E-state index contributed by atoms with van der Waals surface area (Å²) in [4.78, 5) is 10.7. The molecule has 7 nitrogen and oxygen atoms in total. The number of rotatable bonds is 3. The Hall–Kier alpha value is -2.57. The standard InChI is InChI=1S/C11H9N3O4/c15-11(16)5-14-8(4-12-13-14)7-1-2-9-10(3-7)18-6-17-9/h1-4H,5-6H2,(H,15,16). The first-order valence-corrected chi connectivity index (χ1v) is 5.24. The van der Waals surface area contributed by atoms with Gasteiger partial charge in [0.05, 0.1) is 11.9 Å². The van der Waals surface area contributed by atoms with Crippen LogP contribution >= 0.6 is 0 Å². The van der Waals surface area contributed by atoms with Crippen LogP contribution in [0.1, 0.15) is 0 Å². The van der Waals surface area contributed by atoms with Gasteiger partial charge in [-0.3, -0.25) is 4.79 Å². The van der Waals surface area contributed by atoms with Crippen LogP contribution in [0.3, 0.4) is 0 Å². The number of aromatic nitrogens is 3. The molecule has 1 aliphatic heterocycles. The Kier molecular flexibility index (Phi) is 2.36. The molecular weight excluding hydrogens is 238 g/mol. The maximum atomic E-state index is 10.7. The molecule has 1 aliphatic rings. The molecule has 2 heterocycles. The second-order valence-electron chi connectivity index (χ2n) is 3.74. The number of nitrogens with zero attached hydrogens (tertiary/aromatic N) is 3. The SMILES string of the molecule is O=C(O)Cn1nncc1-c1ccc2c(c1)OCO2. The highest BCUT2D eigenvalue weighted by Crippen LogP contribution is 2.35. The van der Waals surface area contributed by atoms with E-state index in [2.05, 4.69) is 10.3 Å². The predicted molar refractivity (Wildman–Crippen MR) is 59.2 cm³/mol. The average Bonchev–Trinajstić information content (AvgIpc) is 2.95. The molecule has 1 aromatic heterocycles. The number of ether oxygens (including phenoxy) is 2. The first-order chi connectivity index (χ1) is 8.74. The number of hydrogen-bond acceptors (Lipinski definition) is 5. The van der Waals surface area contributed by atoms with Crippen LogP contribution < -0.4 is 9.47 Å². The molecule has 0 fully saturated rings. The zero-order chi connectivity index (χ0) is 12.5. The topological polar surface area (TPSA) is 86.5 Å². The lowest BCUT2D eigenvalue weighted by molar-refractivity contribution is -0.137. The first kappa shape index (κ1) is 10.6. The van der Waals surface area contributed by atoms with Crippen LogP contribution in [0.5, 0.6) is 11.5 Å². The van der Waals surface area contributed by atoms with Crippen LogP contribution in [0.15, 0.2) is 24.4 Å². The fourth-order valence-electron chi connectivity index (χ4n) is 1.78. The summed E-state index contributed by atoms with van der Waals surface area (Å²) >= 11 is 0. The van der Waals surface area contributed by atoms with Crippen LogP contribution in [-0.2, 0) is 11.3 Å². The van der Waals surface area contributed by atoms with Crippen LogP contribution in [-0.4, -0.2) is 32.9 Å². The fraction of sp³-hybridized carbons (Fsp3) is 0.182. The molecular formula is C11H9N3O4. The van der Waals surface area contributed by atoms with E-state index in [0.29, 0.717) is 17.2 Å². The van der Waals surface area contributed by atoms with Gasteiger partial charge in [-0.1, -0.05) is 5.21 Å². The van der Waals surface area contributed by atoms with Gasteiger partial charge >= 0.3 is 5.97 Å². The van der Waals surface area contributed by atoms with Gasteiger partial charge in [-0.2, -0.15) is 0 Å². The third-order valence-electron chi connectivity index (χ3n) is 2.57. The third kappa shape index (κ3) is 1.75. The van der Waals surface area contributed by atoms with Gasteiger partial charge in [0.25, 0.3) is 0 Å². The van der Waals surface area contributed by atoms with E-state index >= 15 is 0 Å². The molecule has 0 spiro atoms. The minimum atomic E-state index is -0.970. The molecule has 0 aliphatic carbocycles. The average molecular weight is 247 g/mol. The van der Waals surface area contributed by atoms with Crippen molar-refractivity contribution in [3.63, 3.8) is 0 Å². The highest BCUT2D eigenvalue weighted by molar-refractivity contribution is 5.69. The van der Waals surface area contributed by atoms with Crippen molar-refractivity contribution in [1.82, 2.24) is 15.0 Å². The monoisotopic (exact) mass is 247 g/mol. The zero-order valence-corrected chi connectivity index (χ0v) is 9.24. The summed E-state index contributed by atoms with van der Waals surface area (Å²) in [5.41, 5.74) is 1.40. The lowest BCUT2D eigenvalue weighted by Gasteiger charge is -2.04. The highest BCUT2D eigenvalue weighted by Gasteiger charge is 2.16. The molecule has 0 radical (unpaired) electrons. The third-order valence-corrected chi connectivity index (χ3v) is 2.57. The Morgan fingerprint density at radius 3 is 3.06 bits per heavy atom. The molecule has 2 aromatic rings. The van der Waals surface area contributed by atoms with E-state index in [1.165, 1.54) is 10.9 Å². The van der Waals surface area contributed by atoms with Gasteiger partial charge < -0.3 is 14.6 Å². The van der Waals surface area contributed by atoms with Crippen LogP contribution in [0.4, 0.5) is 0 Å². The molecule has 1 aromatic carbocycles. The Labute approximate surface area is 102 Å². The predicted octanol–water partition coefficient (Wildman–Crippen LogP) is 0.758. The molecule has 0 atom stereocenters. The molecule has 18 heavy (non-hydrogen) atoms.